The number of hydrogen-bond acceptors (Lipinski definition) is 1. The number of fused-ring (bicyclic) bond motifs is 2. The average molecular weight is 323 g/mol. The number of carboxylic acid groups (broad SMARTS) is 1. The fraction of sp³-hybridized carbons (Fsp3) is 0.562. The van der Waals surface area contributed by atoms with Gasteiger partial charge in [0.15, 0.2) is 0 Å². The van der Waals surface area contributed by atoms with Crippen molar-refractivity contribution < 1.29 is 9.90 Å². The van der Waals surface area contributed by atoms with Crippen molar-refractivity contribution in [1.29, 1.82) is 0 Å². The molecule has 0 amide bonds. The first-order chi connectivity index (χ1) is 9.13. The Labute approximate surface area is 122 Å². The van der Waals surface area contributed by atoms with E-state index in [0.717, 1.165) is 28.3 Å². The molecule has 0 radical (unpaired) electrons. The fourth-order valence-corrected chi connectivity index (χ4v) is 4.49. The van der Waals surface area contributed by atoms with Gasteiger partial charge in [-0.3, -0.25) is 4.79 Å². The molecule has 1 N–H and O–H groups in total. The Kier molecular flexibility index (Phi) is 3.66. The standard InChI is InChI=1S/C16H19BrO2/c17-14-3-1-2-12(8-14)15(16(18)19)9-13-7-10-4-5-11(13)6-10/h1-3,8,10-11,13,15H,4-7,9H2,(H,18,19). The zero-order valence-electron chi connectivity index (χ0n) is 10.9. The summed E-state index contributed by atoms with van der Waals surface area (Å²) in [6.07, 6.45) is 6.10. The minimum absolute atomic E-state index is 0.346. The molecule has 2 fully saturated rings. The van der Waals surface area contributed by atoms with Crippen LogP contribution in [0.5, 0.6) is 0 Å². The van der Waals surface area contributed by atoms with E-state index in [2.05, 4.69) is 15.9 Å². The number of aliphatic carboxylic acids is 1. The summed E-state index contributed by atoms with van der Waals surface area (Å²) in [5.41, 5.74) is 0.935. The Hall–Kier alpha value is -0.830. The van der Waals surface area contributed by atoms with Crippen LogP contribution >= 0.6 is 15.9 Å². The van der Waals surface area contributed by atoms with Gasteiger partial charge in [-0.25, -0.2) is 0 Å². The van der Waals surface area contributed by atoms with E-state index < -0.39 is 5.97 Å². The zero-order chi connectivity index (χ0) is 13.4. The molecule has 2 saturated carbocycles. The summed E-state index contributed by atoms with van der Waals surface area (Å²) in [6, 6.07) is 7.76. The Morgan fingerprint density at radius 1 is 1.37 bits per heavy atom. The molecule has 4 atom stereocenters. The highest BCUT2D eigenvalue weighted by atomic mass is 79.9. The van der Waals surface area contributed by atoms with Crippen LogP contribution in [0.25, 0.3) is 0 Å². The van der Waals surface area contributed by atoms with Crippen molar-refractivity contribution in [3.63, 3.8) is 0 Å². The molecule has 3 rings (SSSR count). The number of hydrogen-bond donors (Lipinski definition) is 1. The smallest absolute Gasteiger partial charge is 0.310 e. The van der Waals surface area contributed by atoms with Gasteiger partial charge in [0, 0.05) is 4.47 Å². The van der Waals surface area contributed by atoms with Crippen LogP contribution in [0.15, 0.2) is 28.7 Å². The van der Waals surface area contributed by atoms with Crippen molar-refractivity contribution in [3.8, 4) is 0 Å². The van der Waals surface area contributed by atoms with Gasteiger partial charge >= 0.3 is 5.97 Å². The molecule has 3 heteroatoms. The molecule has 0 spiro atoms. The molecule has 102 valence electrons. The second-order valence-electron chi connectivity index (χ2n) is 6.12. The second-order valence-corrected chi connectivity index (χ2v) is 7.03. The maximum atomic E-state index is 11.6. The molecule has 0 heterocycles. The van der Waals surface area contributed by atoms with Crippen molar-refractivity contribution in [2.75, 3.05) is 0 Å². The van der Waals surface area contributed by atoms with E-state index in [0.29, 0.717) is 5.92 Å². The van der Waals surface area contributed by atoms with E-state index in [-0.39, 0.29) is 5.92 Å². The van der Waals surface area contributed by atoms with Gasteiger partial charge in [0.2, 0.25) is 0 Å². The van der Waals surface area contributed by atoms with Gasteiger partial charge in [0.25, 0.3) is 0 Å². The summed E-state index contributed by atoms with van der Waals surface area (Å²) < 4.78 is 0.962. The third-order valence-electron chi connectivity index (χ3n) is 4.97. The highest BCUT2D eigenvalue weighted by Crippen LogP contribution is 2.51. The third kappa shape index (κ3) is 2.71. The van der Waals surface area contributed by atoms with Crippen LogP contribution in [0.2, 0.25) is 0 Å². The molecule has 2 aliphatic rings. The van der Waals surface area contributed by atoms with Crippen LogP contribution in [-0.4, -0.2) is 11.1 Å². The number of benzene rings is 1. The predicted octanol–water partition coefficient (Wildman–Crippen LogP) is 4.44. The zero-order valence-corrected chi connectivity index (χ0v) is 12.5. The molecule has 2 nitrogen and oxygen atoms in total. The summed E-state index contributed by atoms with van der Waals surface area (Å²) in [7, 11) is 0. The van der Waals surface area contributed by atoms with Gasteiger partial charge in [-0.1, -0.05) is 34.5 Å². The van der Waals surface area contributed by atoms with Crippen molar-refractivity contribution in [2.45, 2.75) is 38.0 Å². The number of carboxylic acids is 1. The van der Waals surface area contributed by atoms with Crippen LogP contribution < -0.4 is 0 Å². The van der Waals surface area contributed by atoms with Crippen LogP contribution in [-0.2, 0) is 4.79 Å². The Balaban J connectivity index is 1.76. The summed E-state index contributed by atoms with van der Waals surface area (Å²) in [4.78, 5) is 11.6. The van der Waals surface area contributed by atoms with Gasteiger partial charge in [0.05, 0.1) is 5.92 Å². The minimum atomic E-state index is -0.680. The minimum Gasteiger partial charge on any atom is -0.481 e. The Morgan fingerprint density at radius 2 is 2.21 bits per heavy atom. The molecular weight excluding hydrogens is 304 g/mol. The van der Waals surface area contributed by atoms with Crippen molar-refractivity contribution in [2.24, 2.45) is 17.8 Å². The van der Waals surface area contributed by atoms with E-state index >= 15 is 0 Å². The van der Waals surface area contributed by atoms with Gasteiger partial charge < -0.3 is 5.11 Å². The lowest BCUT2D eigenvalue weighted by Gasteiger charge is -2.25. The topological polar surface area (TPSA) is 37.3 Å². The monoisotopic (exact) mass is 322 g/mol. The maximum Gasteiger partial charge on any atom is 0.310 e. The molecular formula is C16H19BrO2. The highest BCUT2D eigenvalue weighted by Gasteiger charge is 2.41. The van der Waals surface area contributed by atoms with Crippen molar-refractivity contribution in [1.82, 2.24) is 0 Å². The van der Waals surface area contributed by atoms with Crippen LogP contribution in [0, 0.1) is 17.8 Å². The van der Waals surface area contributed by atoms with Crippen LogP contribution in [0.3, 0.4) is 0 Å². The first-order valence-electron chi connectivity index (χ1n) is 7.11. The van der Waals surface area contributed by atoms with E-state index in [9.17, 15) is 9.90 Å². The van der Waals surface area contributed by atoms with Gasteiger partial charge in [-0.05, 0) is 61.1 Å². The summed E-state index contributed by atoms with van der Waals surface area (Å²) in [6.45, 7) is 0. The molecule has 0 aliphatic heterocycles. The van der Waals surface area contributed by atoms with Gasteiger partial charge in [0.1, 0.15) is 0 Å². The van der Waals surface area contributed by atoms with Crippen LogP contribution in [0.1, 0.15) is 43.6 Å². The van der Waals surface area contributed by atoms with E-state index in [1.165, 1.54) is 25.7 Å². The number of halogens is 1. The normalized spacial score (nSPS) is 30.5. The maximum absolute atomic E-state index is 11.6. The number of carbonyl (C=O) groups is 1. The highest BCUT2D eigenvalue weighted by molar-refractivity contribution is 9.10. The molecule has 2 aliphatic carbocycles. The third-order valence-corrected chi connectivity index (χ3v) is 5.47. The molecule has 1 aromatic carbocycles. The summed E-state index contributed by atoms with van der Waals surface area (Å²) >= 11 is 3.43. The van der Waals surface area contributed by atoms with Crippen LogP contribution in [0.4, 0.5) is 0 Å². The van der Waals surface area contributed by atoms with Gasteiger partial charge in [-0.15, -0.1) is 0 Å². The summed E-state index contributed by atoms with van der Waals surface area (Å²) in [5, 5.41) is 9.53. The molecule has 1 aromatic rings. The molecule has 4 unspecified atom stereocenters. The molecule has 2 bridgehead atoms. The molecule has 0 saturated heterocycles. The quantitative estimate of drug-likeness (QED) is 0.889. The average Bonchev–Trinajstić information content (AvgIpc) is 2.97. The summed E-state index contributed by atoms with van der Waals surface area (Å²) in [5.74, 6) is 1.27. The van der Waals surface area contributed by atoms with E-state index in [4.69, 9.17) is 0 Å². The van der Waals surface area contributed by atoms with Crippen molar-refractivity contribution in [3.05, 3.63) is 34.3 Å². The lowest BCUT2D eigenvalue weighted by atomic mass is 9.80. The first-order valence-corrected chi connectivity index (χ1v) is 7.91. The van der Waals surface area contributed by atoms with E-state index in [1.807, 2.05) is 24.3 Å². The second kappa shape index (κ2) is 5.28. The SMILES string of the molecule is O=C(O)C(CC1CC2CCC1C2)c1cccc(Br)c1. The fourth-order valence-electron chi connectivity index (χ4n) is 4.07. The lowest BCUT2D eigenvalue weighted by molar-refractivity contribution is -0.139. The van der Waals surface area contributed by atoms with Crippen molar-refractivity contribution >= 4 is 21.9 Å². The largest absolute Gasteiger partial charge is 0.481 e. The number of rotatable bonds is 4. The molecule has 0 aromatic heterocycles. The van der Waals surface area contributed by atoms with Gasteiger partial charge in [-0.2, -0.15) is 0 Å². The predicted molar refractivity (Wildman–Crippen MR) is 78.1 cm³/mol. The Morgan fingerprint density at radius 3 is 2.79 bits per heavy atom. The van der Waals surface area contributed by atoms with E-state index in [1.54, 1.807) is 0 Å². The first kappa shape index (κ1) is 13.2. The molecule has 19 heavy (non-hydrogen) atoms. The lowest BCUT2D eigenvalue weighted by Crippen LogP contribution is -2.19. The Bertz CT molecular complexity index is 485.